The SMILES string of the molecule is CCCc1nc(N(C)CC(C)CC)sc1C(=O)O. The van der Waals surface area contributed by atoms with E-state index >= 15 is 0 Å². The summed E-state index contributed by atoms with van der Waals surface area (Å²) in [6, 6.07) is 0. The summed E-state index contributed by atoms with van der Waals surface area (Å²) < 4.78 is 0. The van der Waals surface area contributed by atoms with Crippen molar-refractivity contribution in [3.63, 3.8) is 0 Å². The molecule has 0 aliphatic carbocycles. The lowest BCUT2D eigenvalue weighted by molar-refractivity contribution is 0.0700. The lowest BCUT2D eigenvalue weighted by Crippen LogP contribution is -2.23. The van der Waals surface area contributed by atoms with Crippen LogP contribution in [0.15, 0.2) is 0 Å². The van der Waals surface area contributed by atoms with Gasteiger partial charge in [-0.15, -0.1) is 0 Å². The number of hydrogen-bond donors (Lipinski definition) is 1. The molecule has 4 nitrogen and oxygen atoms in total. The van der Waals surface area contributed by atoms with Crippen LogP contribution in [0.2, 0.25) is 0 Å². The molecule has 102 valence electrons. The Hall–Kier alpha value is -1.10. The minimum Gasteiger partial charge on any atom is -0.477 e. The largest absolute Gasteiger partial charge is 0.477 e. The second-order valence-electron chi connectivity index (χ2n) is 4.72. The first-order valence-electron chi connectivity index (χ1n) is 6.43. The summed E-state index contributed by atoms with van der Waals surface area (Å²) in [5, 5.41) is 9.98. The molecule has 0 spiro atoms. The number of thiazole rings is 1. The molecule has 1 heterocycles. The zero-order chi connectivity index (χ0) is 13.7. The van der Waals surface area contributed by atoms with Crippen molar-refractivity contribution in [2.24, 2.45) is 5.92 Å². The molecule has 5 heteroatoms. The zero-order valence-electron chi connectivity index (χ0n) is 11.6. The van der Waals surface area contributed by atoms with Crippen LogP contribution < -0.4 is 4.90 Å². The van der Waals surface area contributed by atoms with Gasteiger partial charge in [-0.2, -0.15) is 0 Å². The molecule has 0 aliphatic heterocycles. The Morgan fingerprint density at radius 2 is 2.17 bits per heavy atom. The van der Waals surface area contributed by atoms with Crippen LogP contribution >= 0.6 is 11.3 Å². The number of aromatic nitrogens is 1. The number of carbonyl (C=O) groups is 1. The van der Waals surface area contributed by atoms with E-state index in [1.807, 2.05) is 14.0 Å². The van der Waals surface area contributed by atoms with E-state index in [2.05, 4.69) is 23.7 Å². The van der Waals surface area contributed by atoms with E-state index < -0.39 is 5.97 Å². The molecule has 0 saturated carbocycles. The quantitative estimate of drug-likeness (QED) is 0.826. The summed E-state index contributed by atoms with van der Waals surface area (Å²) in [7, 11) is 1.98. The van der Waals surface area contributed by atoms with E-state index in [0.717, 1.165) is 36.6 Å². The summed E-state index contributed by atoms with van der Waals surface area (Å²) in [6.45, 7) is 7.29. The van der Waals surface area contributed by atoms with Gasteiger partial charge in [-0.25, -0.2) is 9.78 Å². The van der Waals surface area contributed by atoms with Gasteiger partial charge >= 0.3 is 5.97 Å². The lowest BCUT2D eigenvalue weighted by Gasteiger charge is -2.19. The summed E-state index contributed by atoms with van der Waals surface area (Å²) in [5.41, 5.74) is 0.723. The highest BCUT2D eigenvalue weighted by Gasteiger charge is 2.19. The number of aromatic carboxylic acids is 1. The average Bonchev–Trinajstić information content (AvgIpc) is 2.73. The smallest absolute Gasteiger partial charge is 0.347 e. The van der Waals surface area contributed by atoms with Crippen LogP contribution in [0.4, 0.5) is 5.13 Å². The van der Waals surface area contributed by atoms with Crippen molar-refractivity contribution in [1.82, 2.24) is 4.98 Å². The van der Waals surface area contributed by atoms with Gasteiger partial charge in [-0.05, 0) is 12.3 Å². The molecule has 0 aliphatic rings. The first kappa shape index (κ1) is 15.0. The van der Waals surface area contributed by atoms with Crippen LogP contribution in [-0.4, -0.2) is 29.7 Å². The fraction of sp³-hybridized carbons (Fsp3) is 0.692. The van der Waals surface area contributed by atoms with Crippen molar-refractivity contribution in [2.45, 2.75) is 40.0 Å². The number of carboxylic acids is 1. The normalized spacial score (nSPS) is 12.4. The van der Waals surface area contributed by atoms with Crippen molar-refractivity contribution in [1.29, 1.82) is 0 Å². The van der Waals surface area contributed by atoms with Crippen molar-refractivity contribution in [3.05, 3.63) is 10.6 Å². The fourth-order valence-electron chi connectivity index (χ4n) is 1.75. The average molecular weight is 270 g/mol. The van der Waals surface area contributed by atoms with Gasteiger partial charge in [0.05, 0.1) is 5.69 Å². The van der Waals surface area contributed by atoms with E-state index in [1.54, 1.807) is 0 Å². The number of rotatable bonds is 7. The number of aryl methyl sites for hydroxylation is 1. The number of hydrogen-bond acceptors (Lipinski definition) is 4. The highest BCUT2D eigenvalue weighted by Crippen LogP contribution is 2.27. The summed E-state index contributed by atoms with van der Waals surface area (Å²) >= 11 is 1.28. The zero-order valence-corrected chi connectivity index (χ0v) is 12.4. The lowest BCUT2D eigenvalue weighted by atomic mass is 10.1. The second kappa shape index (κ2) is 6.73. The predicted octanol–water partition coefficient (Wildman–Crippen LogP) is 3.28. The van der Waals surface area contributed by atoms with Gasteiger partial charge in [-0.3, -0.25) is 0 Å². The minimum absolute atomic E-state index is 0.392. The molecule has 1 N–H and O–H groups in total. The van der Waals surface area contributed by atoms with Crippen LogP contribution in [-0.2, 0) is 6.42 Å². The Kier molecular flexibility index (Phi) is 5.59. The van der Waals surface area contributed by atoms with Crippen molar-refractivity contribution in [3.8, 4) is 0 Å². The van der Waals surface area contributed by atoms with Crippen LogP contribution in [0.5, 0.6) is 0 Å². The molecular formula is C13H22N2O2S. The van der Waals surface area contributed by atoms with E-state index in [9.17, 15) is 4.79 Å². The van der Waals surface area contributed by atoms with Gasteiger partial charge in [0, 0.05) is 13.6 Å². The molecule has 1 aromatic heterocycles. The number of carboxylic acid groups (broad SMARTS) is 1. The number of nitrogens with zero attached hydrogens (tertiary/aromatic N) is 2. The van der Waals surface area contributed by atoms with Crippen LogP contribution in [0.25, 0.3) is 0 Å². The second-order valence-corrected chi connectivity index (χ2v) is 5.70. The molecule has 0 bridgehead atoms. The minimum atomic E-state index is -0.862. The van der Waals surface area contributed by atoms with E-state index in [4.69, 9.17) is 5.11 Å². The van der Waals surface area contributed by atoms with Gasteiger partial charge in [0.25, 0.3) is 0 Å². The Balaban J connectivity index is 2.89. The van der Waals surface area contributed by atoms with Gasteiger partial charge < -0.3 is 10.0 Å². The third-order valence-electron chi connectivity index (χ3n) is 2.98. The highest BCUT2D eigenvalue weighted by atomic mass is 32.1. The number of anilines is 1. The molecule has 0 aromatic carbocycles. The maximum atomic E-state index is 11.2. The first-order chi connectivity index (χ1) is 8.49. The Bertz CT molecular complexity index is 404. The predicted molar refractivity (Wildman–Crippen MR) is 75.8 cm³/mol. The van der Waals surface area contributed by atoms with Gasteiger partial charge in [0.15, 0.2) is 5.13 Å². The summed E-state index contributed by atoms with van der Waals surface area (Å²) in [4.78, 5) is 18.1. The van der Waals surface area contributed by atoms with Crippen molar-refractivity contribution in [2.75, 3.05) is 18.5 Å². The van der Waals surface area contributed by atoms with E-state index in [-0.39, 0.29) is 0 Å². The standard InChI is InChI=1S/C13H22N2O2S/c1-5-7-10-11(12(16)17)18-13(14-10)15(4)8-9(3)6-2/h9H,5-8H2,1-4H3,(H,16,17). The first-order valence-corrected chi connectivity index (χ1v) is 7.25. The van der Waals surface area contributed by atoms with Gasteiger partial charge in [0.2, 0.25) is 0 Å². The summed E-state index contributed by atoms with van der Waals surface area (Å²) in [6.07, 6.45) is 2.76. The molecule has 1 unspecified atom stereocenters. The molecule has 0 saturated heterocycles. The molecule has 1 rings (SSSR count). The molecular weight excluding hydrogens is 248 g/mol. The Morgan fingerprint density at radius 1 is 1.50 bits per heavy atom. The van der Waals surface area contributed by atoms with Crippen LogP contribution in [0.1, 0.15) is 49.0 Å². The molecule has 18 heavy (non-hydrogen) atoms. The third-order valence-corrected chi connectivity index (χ3v) is 4.18. The molecule has 1 atom stereocenters. The maximum Gasteiger partial charge on any atom is 0.347 e. The van der Waals surface area contributed by atoms with Gasteiger partial charge in [-0.1, -0.05) is 44.9 Å². The Morgan fingerprint density at radius 3 is 2.67 bits per heavy atom. The van der Waals surface area contributed by atoms with Crippen molar-refractivity contribution >= 4 is 22.4 Å². The van der Waals surface area contributed by atoms with Crippen LogP contribution in [0, 0.1) is 5.92 Å². The monoisotopic (exact) mass is 270 g/mol. The highest BCUT2D eigenvalue weighted by molar-refractivity contribution is 7.17. The molecule has 0 fully saturated rings. The van der Waals surface area contributed by atoms with Crippen molar-refractivity contribution < 1.29 is 9.90 Å². The fourth-order valence-corrected chi connectivity index (χ4v) is 2.67. The molecule has 0 radical (unpaired) electrons. The molecule has 1 aromatic rings. The third kappa shape index (κ3) is 3.70. The van der Waals surface area contributed by atoms with Crippen LogP contribution in [0.3, 0.4) is 0 Å². The molecule has 0 amide bonds. The van der Waals surface area contributed by atoms with E-state index in [0.29, 0.717) is 10.8 Å². The van der Waals surface area contributed by atoms with E-state index in [1.165, 1.54) is 11.3 Å². The maximum absolute atomic E-state index is 11.2. The summed E-state index contributed by atoms with van der Waals surface area (Å²) in [5.74, 6) is -0.277. The van der Waals surface area contributed by atoms with Gasteiger partial charge in [0.1, 0.15) is 4.88 Å². The topological polar surface area (TPSA) is 53.4 Å². The Labute approximate surface area is 113 Å².